The smallest absolute Gasteiger partial charge is 0.307 e. The Morgan fingerprint density at radius 2 is 1.76 bits per heavy atom. The number of carboxylic acid groups (broad SMARTS) is 1. The molecule has 21 heavy (non-hydrogen) atoms. The van der Waals surface area contributed by atoms with Crippen LogP contribution >= 0.6 is 0 Å². The van der Waals surface area contributed by atoms with E-state index >= 15 is 0 Å². The van der Waals surface area contributed by atoms with Crippen molar-refractivity contribution in [3.63, 3.8) is 0 Å². The topological polar surface area (TPSA) is 81.4 Å². The lowest BCUT2D eigenvalue weighted by Gasteiger charge is -2.28. The molecule has 1 aliphatic rings. The third-order valence-electron chi connectivity index (χ3n) is 3.78. The summed E-state index contributed by atoms with van der Waals surface area (Å²) < 4.78 is 0. The molecule has 5 heteroatoms. The van der Waals surface area contributed by atoms with Gasteiger partial charge in [0.1, 0.15) is 0 Å². The van der Waals surface area contributed by atoms with Crippen molar-refractivity contribution in [1.82, 2.24) is 0 Å². The highest BCUT2D eigenvalue weighted by Gasteiger charge is 2.35. The van der Waals surface area contributed by atoms with Crippen molar-refractivity contribution in [2.45, 2.75) is 12.8 Å². The van der Waals surface area contributed by atoms with Crippen LogP contribution < -0.4 is 4.90 Å². The number of carboxylic acids is 1. The number of carbonyl (C=O) groups excluding carboxylic acids is 1. The van der Waals surface area contributed by atoms with E-state index in [1.807, 2.05) is 18.2 Å². The number of allylic oxidation sites excluding steroid dienone is 2. The maximum atomic E-state index is 12.5. The number of rotatable bonds is 3. The van der Waals surface area contributed by atoms with Gasteiger partial charge in [0.25, 0.3) is 0 Å². The van der Waals surface area contributed by atoms with Crippen molar-refractivity contribution >= 4 is 17.6 Å². The van der Waals surface area contributed by atoms with Crippen LogP contribution in [0.2, 0.25) is 0 Å². The lowest BCUT2D eigenvalue weighted by atomic mass is 9.82. The van der Waals surface area contributed by atoms with Crippen molar-refractivity contribution in [2.24, 2.45) is 11.8 Å². The van der Waals surface area contributed by atoms with Crippen molar-refractivity contribution in [3.05, 3.63) is 42.0 Å². The van der Waals surface area contributed by atoms with E-state index in [0.29, 0.717) is 24.1 Å². The van der Waals surface area contributed by atoms with E-state index < -0.39 is 17.8 Å². The molecule has 2 atom stereocenters. The number of nitrogens with zero attached hydrogens (tertiary/aromatic N) is 2. The van der Waals surface area contributed by atoms with Crippen molar-refractivity contribution in [2.75, 3.05) is 11.9 Å². The van der Waals surface area contributed by atoms with Crippen molar-refractivity contribution in [3.8, 4) is 6.07 Å². The molecule has 5 nitrogen and oxygen atoms in total. The van der Waals surface area contributed by atoms with Crippen LogP contribution in [0.4, 0.5) is 5.69 Å². The Labute approximate surface area is 123 Å². The Morgan fingerprint density at radius 3 is 2.29 bits per heavy atom. The van der Waals surface area contributed by atoms with Crippen LogP contribution in [0.25, 0.3) is 0 Å². The average Bonchev–Trinajstić information content (AvgIpc) is 2.53. The fourth-order valence-corrected chi connectivity index (χ4v) is 2.50. The highest BCUT2D eigenvalue weighted by molar-refractivity contribution is 5.97. The second-order valence-corrected chi connectivity index (χ2v) is 5.05. The monoisotopic (exact) mass is 284 g/mol. The summed E-state index contributed by atoms with van der Waals surface area (Å²) in [5, 5.41) is 18.0. The number of anilines is 1. The summed E-state index contributed by atoms with van der Waals surface area (Å²) in [5.74, 6) is -2.38. The molecule has 0 saturated carbocycles. The van der Waals surface area contributed by atoms with Gasteiger partial charge < -0.3 is 10.0 Å². The number of carbonyl (C=O) groups is 2. The Hall–Kier alpha value is -2.61. The van der Waals surface area contributed by atoms with E-state index in [2.05, 4.69) is 0 Å². The van der Waals surface area contributed by atoms with Crippen LogP contribution in [0.5, 0.6) is 0 Å². The largest absolute Gasteiger partial charge is 0.481 e. The zero-order valence-corrected chi connectivity index (χ0v) is 11.7. The molecule has 108 valence electrons. The second-order valence-electron chi connectivity index (χ2n) is 5.05. The average molecular weight is 284 g/mol. The molecule has 0 aromatic heterocycles. The normalized spacial score (nSPS) is 20.6. The summed E-state index contributed by atoms with van der Waals surface area (Å²) in [6.07, 6.45) is 4.49. The van der Waals surface area contributed by atoms with Gasteiger partial charge in [-0.25, -0.2) is 0 Å². The molecular formula is C16H16N2O3. The maximum absolute atomic E-state index is 12.5. The van der Waals surface area contributed by atoms with E-state index in [1.165, 1.54) is 4.90 Å². The molecule has 0 radical (unpaired) electrons. The highest BCUT2D eigenvalue weighted by Crippen LogP contribution is 2.29. The molecule has 0 unspecified atom stereocenters. The minimum Gasteiger partial charge on any atom is -0.481 e. The minimum atomic E-state index is -0.939. The fourth-order valence-electron chi connectivity index (χ4n) is 2.50. The summed E-state index contributed by atoms with van der Waals surface area (Å²) in [4.78, 5) is 25.3. The molecule has 0 aliphatic heterocycles. The molecule has 1 amide bonds. The zero-order valence-electron chi connectivity index (χ0n) is 11.7. The van der Waals surface area contributed by atoms with Gasteiger partial charge in [-0.3, -0.25) is 9.59 Å². The van der Waals surface area contributed by atoms with Gasteiger partial charge in [0.2, 0.25) is 5.91 Å². The maximum Gasteiger partial charge on any atom is 0.307 e. The molecule has 1 aromatic carbocycles. The Kier molecular flexibility index (Phi) is 4.39. The van der Waals surface area contributed by atoms with Gasteiger partial charge in [-0.2, -0.15) is 5.26 Å². The predicted octanol–water partition coefficient (Wildman–Crippen LogP) is 2.19. The van der Waals surface area contributed by atoms with Gasteiger partial charge in [0.05, 0.1) is 23.5 Å². The molecule has 0 saturated heterocycles. The Bertz CT molecular complexity index is 613. The lowest BCUT2D eigenvalue weighted by Crippen LogP contribution is -2.40. The van der Waals surface area contributed by atoms with Crippen molar-refractivity contribution in [1.29, 1.82) is 5.26 Å². The van der Waals surface area contributed by atoms with Gasteiger partial charge in [0.15, 0.2) is 0 Å². The molecular weight excluding hydrogens is 268 g/mol. The quantitative estimate of drug-likeness (QED) is 0.863. The SMILES string of the molecule is CN(C(=O)[C@@H]1CC=CC[C@@H]1C(=O)O)c1ccc(C#N)cc1. The van der Waals surface area contributed by atoms with E-state index in [-0.39, 0.29) is 5.91 Å². The first-order valence-corrected chi connectivity index (χ1v) is 6.70. The standard InChI is InChI=1S/C16H16N2O3/c1-18(12-8-6-11(10-17)7-9-12)15(19)13-4-2-3-5-14(13)16(20)21/h2-3,6-9,13-14H,4-5H2,1H3,(H,20,21)/t13-,14+/m1/s1. The number of amides is 1. The van der Waals surface area contributed by atoms with Gasteiger partial charge in [0, 0.05) is 12.7 Å². The van der Waals surface area contributed by atoms with Crippen LogP contribution in [0, 0.1) is 23.2 Å². The number of aliphatic carboxylic acids is 1. The summed E-state index contributed by atoms with van der Waals surface area (Å²) in [6, 6.07) is 8.66. The van der Waals surface area contributed by atoms with Crippen molar-refractivity contribution < 1.29 is 14.7 Å². The molecule has 1 aliphatic carbocycles. The zero-order chi connectivity index (χ0) is 15.4. The number of hydrogen-bond acceptors (Lipinski definition) is 3. The Morgan fingerprint density at radius 1 is 1.19 bits per heavy atom. The molecule has 0 bridgehead atoms. The minimum absolute atomic E-state index is 0.212. The van der Waals surface area contributed by atoms with E-state index in [4.69, 9.17) is 5.26 Å². The second kappa shape index (κ2) is 6.23. The third-order valence-corrected chi connectivity index (χ3v) is 3.78. The first kappa shape index (κ1) is 14.8. The van der Waals surface area contributed by atoms with Gasteiger partial charge in [-0.1, -0.05) is 12.2 Å². The van der Waals surface area contributed by atoms with Crippen LogP contribution in [0.1, 0.15) is 18.4 Å². The van der Waals surface area contributed by atoms with Crippen LogP contribution in [0.15, 0.2) is 36.4 Å². The van der Waals surface area contributed by atoms with E-state index in [0.717, 1.165) is 0 Å². The van der Waals surface area contributed by atoms with Gasteiger partial charge >= 0.3 is 5.97 Å². The number of hydrogen-bond donors (Lipinski definition) is 1. The van der Waals surface area contributed by atoms with Crippen LogP contribution in [-0.2, 0) is 9.59 Å². The first-order chi connectivity index (χ1) is 10.0. The molecule has 0 fully saturated rings. The third kappa shape index (κ3) is 3.11. The number of benzene rings is 1. The summed E-state index contributed by atoms with van der Waals surface area (Å²) in [7, 11) is 1.63. The van der Waals surface area contributed by atoms with E-state index in [1.54, 1.807) is 31.3 Å². The summed E-state index contributed by atoms with van der Waals surface area (Å²) in [5.41, 5.74) is 1.17. The first-order valence-electron chi connectivity index (χ1n) is 6.70. The van der Waals surface area contributed by atoms with Gasteiger partial charge in [-0.05, 0) is 37.1 Å². The highest BCUT2D eigenvalue weighted by atomic mass is 16.4. The van der Waals surface area contributed by atoms with Crippen LogP contribution in [0.3, 0.4) is 0 Å². The Balaban J connectivity index is 2.19. The molecule has 1 N–H and O–H groups in total. The molecule has 0 spiro atoms. The summed E-state index contributed by atoms with van der Waals surface area (Å²) in [6.45, 7) is 0. The molecule has 0 heterocycles. The molecule has 1 aromatic rings. The molecule has 2 rings (SSSR count). The predicted molar refractivity (Wildman–Crippen MR) is 77.6 cm³/mol. The van der Waals surface area contributed by atoms with Crippen LogP contribution in [-0.4, -0.2) is 24.0 Å². The van der Waals surface area contributed by atoms with E-state index in [9.17, 15) is 14.7 Å². The van der Waals surface area contributed by atoms with Gasteiger partial charge in [-0.15, -0.1) is 0 Å². The lowest BCUT2D eigenvalue weighted by molar-refractivity contribution is -0.146. The summed E-state index contributed by atoms with van der Waals surface area (Å²) >= 11 is 0. The fraction of sp³-hybridized carbons (Fsp3) is 0.312. The number of nitriles is 1.